The predicted octanol–water partition coefficient (Wildman–Crippen LogP) is 3.39. The molecule has 0 radical (unpaired) electrons. The maximum absolute atomic E-state index is 12.5. The number of nitrogens with zero attached hydrogens (tertiary/aromatic N) is 2. The minimum Gasteiger partial charge on any atom is -0.357 e. The molecule has 24 heavy (non-hydrogen) atoms. The summed E-state index contributed by atoms with van der Waals surface area (Å²) in [6.07, 6.45) is 8.37. The Morgan fingerprint density at radius 3 is 2.54 bits per heavy atom. The van der Waals surface area contributed by atoms with Crippen LogP contribution in [0, 0.1) is 0 Å². The van der Waals surface area contributed by atoms with Gasteiger partial charge < -0.3 is 15.5 Å². The molecule has 0 aliphatic carbocycles. The molecule has 2 aliphatic rings. The molecule has 1 atom stereocenters. The van der Waals surface area contributed by atoms with Crippen molar-refractivity contribution in [3.8, 4) is 0 Å². The van der Waals surface area contributed by atoms with Gasteiger partial charge in [0.1, 0.15) is 5.82 Å². The number of anilines is 2. The van der Waals surface area contributed by atoms with Crippen LogP contribution in [0.1, 0.15) is 45.4 Å². The van der Waals surface area contributed by atoms with Gasteiger partial charge >= 0.3 is 0 Å². The Hall–Kier alpha value is -1.04. The second kappa shape index (κ2) is 9.44. The number of carbonyl (C=O) groups excluding carboxylic acids is 1. The lowest BCUT2D eigenvalue weighted by atomic mass is 9.93. The summed E-state index contributed by atoms with van der Waals surface area (Å²) in [4.78, 5) is 19.4. The standard InChI is InChI=1S/C17H26N4O.2ClH/c1-2-17(9-6-10-19-17)16(22)20-14-7-8-15(18-13-14)21-11-4-3-5-12-21;;/h7-8,13,19H,2-6,9-12H2,1H3,(H,20,22);2*1H. The average Bonchev–Trinajstić information content (AvgIpc) is 3.07. The van der Waals surface area contributed by atoms with Crippen LogP contribution in [0.5, 0.6) is 0 Å². The number of halogens is 2. The third-order valence-corrected chi connectivity index (χ3v) is 4.97. The molecule has 0 spiro atoms. The van der Waals surface area contributed by atoms with Crippen molar-refractivity contribution in [3.63, 3.8) is 0 Å². The van der Waals surface area contributed by atoms with Crippen LogP contribution in [-0.2, 0) is 4.79 Å². The van der Waals surface area contributed by atoms with Gasteiger partial charge in [0.15, 0.2) is 0 Å². The molecular formula is C17H28Cl2N4O. The zero-order valence-corrected chi connectivity index (χ0v) is 15.8. The molecule has 3 rings (SSSR count). The molecular weight excluding hydrogens is 347 g/mol. The summed E-state index contributed by atoms with van der Waals surface area (Å²) in [5, 5.41) is 6.39. The van der Waals surface area contributed by atoms with Crippen molar-refractivity contribution in [2.75, 3.05) is 29.9 Å². The summed E-state index contributed by atoms with van der Waals surface area (Å²) in [5.74, 6) is 1.09. The Morgan fingerprint density at radius 1 is 1.25 bits per heavy atom. The second-order valence-corrected chi connectivity index (χ2v) is 6.37. The Kier molecular flexibility index (Phi) is 8.27. The zero-order valence-electron chi connectivity index (χ0n) is 14.2. The van der Waals surface area contributed by atoms with Crippen LogP contribution in [0.3, 0.4) is 0 Å². The number of hydrogen-bond acceptors (Lipinski definition) is 4. The summed E-state index contributed by atoms with van der Waals surface area (Å²) in [6.45, 7) is 5.16. The van der Waals surface area contributed by atoms with Gasteiger partial charge in [-0.05, 0) is 57.2 Å². The summed E-state index contributed by atoms with van der Waals surface area (Å²) < 4.78 is 0. The number of carbonyl (C=O) groups is 1. The third kappa shape index (κ3) is 4.52. The molecule has 1 aromatic heterocycles. The van der Waals surface area contributed by atoms with Crippen molar-refractivity contribution in [3.05, 3.63) is 18.3 Å². The highest BCUT2D eigenvalue weighted by Gasteiger charge is 2.39. The van der Waals surface area contributed by atoms with E-state index in [0.717, 1.165) is 50.4 Å². The number of rotatable bonds is 4. The SMILES string of the molecule is CCC1(C(=O)Nc2ccc(N3CCCCC3)nc2)CCCN1.Cl.Cl. The van der Waals surface area contributed by atoms with Gasteiger partial charge in [0, 0.05) is 13.1 Å². The van der Waals surface area contributed by atoms with Crippen molar-refractivity contribution in [2.45, 2.75) is 51.0 Å². The first kappa shape index (κ1) is 21.0. The van der Waals surface area contributed by atoms with Crippen LogP contribution in [0.15, 0.2) is 18.3 Å². The Bertz CT molecular complexity index is 512. The van der Waals surface area contributed by atoms with E-state index < -0.39 is 5.54 Å². The van der Waals surface area contributed by atoms with Crippen molar-refractivity contribution >= 4 is 42.2 Å². The quantitative estimate of drug-likeness (QED) is 0.847. The average molecular weight is 375 g/mol. The highest BCUT2D eigenvalue weighted by molar-refractivity contribution is 5.98. The number of hydrogen-bond donors (Lipinski definition) is 2. The second-order valence-electron chi connectivity index (χ2n) is 6.37. The van der Waals surface area contributed by atoms with Crippen molar-refractivity contribution in [1.82, 2.24) is 10.3 Å². The smallest absolute Gasteiger partial charge is 0.244 e. The van der Waals surface area contributed by atoms with Crippen molar-refractivity contribution in [2.24, 2.45) is 0 Å². The van der Waals surface area contributed by atoms with E-state index in [9.17, 15) is 4.79 Å². The van der Waals surface area contributed by atoms with Crippen LogP contribution < -0.4 is 15.5 Å². The van der Waals surface area contributed by atoms with Crippen LogP contribution in [0.2, 0.25) is 0 Å². The maximum Gasteiger partial charge on any atom is 0.244 e. The van der Waals surface area contributed by atoms with Gasteiger partial charge in [-0.3, -0.25) is 4.79 Å². The van der Waals surface area contributed by atoms with Crippen LogP contribution >= 0.6 is 24.8 Å². The van der Waals surface area contributed by atoms with Gasteiger partial charge in [0.05, 0.1) is 17.4 Å². The van der Waals surface area contributed by atoms with E-state index in [4.69, 9.17) is 0 Å². The monoisotopic (exact) mass is 374 g/mol. The molecule has 2 N–H and O–H groups in total. The number of nitrogens with one attached hydrogen (secondary N) is 2. The fourth-order valence-corrected chi connectivity index (χ4v) is 3.48. The number of piperidine rings is 1. The summed E-state index contributed by atoms with van der Waals surface area (Å²) in [7, 11) is 0. The van der Waals surface area contributed by atoms with Gasteiger partial charge in [-0.15, -0.1) is 24.8 Å². The summed E-state index contributed by atoms with van der Waals surface area (Å²) in [5.41, 5.74) is 0.387. The van der Waals surface area contributed by atoms with E-state index in [-0.39, 0.29) is 30.7 Å². The van der Waals surface area contributed by atoms with E-state index in [2.05, 4.69) is 27.4 Å². The molecule has 2 aliphatic heterocycles. The highest BCUT2D eigenvalue weighted by atomic mass is 35.5. The zero-order chi connectivity index (χ0) is 15.4. The molecule has 3 heterocycles. The van der Waals surface area contributed by atoms with E-state index >= 15 is 0 Å². The minimum atomic E-state index is -0.397. The Labute approximate surface area is 156 Å². The van der Waals surface area contributed by atoms with E-state index in [1.807, 2.05) is 12.1 Å². The third-order valence-electron chi connectivity index (χ3n) is 4.97. The molecule has 1 aromatic rings. The lowest BCUT2D eigenvalue weighted by Crippen LogP contribution is -2.50. The van der Waals surface area contributed by atoms with Gasteiger partial charge in [-0.25, -0.2) is 4.98 Å². The molecule has 136 valence electrons. The normalized spacial score (nSPS) is 23.1. The lowest BCUT2D eigenvalue weighted by Gasteiger charge is -2.28. The van der Waals surface area contributed by atoms with Crippen molar-refractivity contribution < 1.29 is 4.79 Å². The Morgan fingerprint density at radius 2 is 2.00 bits per heavy atom. The fraction of sp³-hybridized carbons (Fsp3) is 0.647. The molecule has 0 aromatic carbocycles. The maximum atomic E-state index is 12.5. The highest BCUT2D eigenvalue weighted by Crippen LogP contribution is 2.25. The molecule has 0 saturated carbocycles. The molecule has 2 saturated heterocycles. The molecule has 1 amide bonds. The van der Waals surface area contributed by atoms with Crippen LogP contribution in [0.25, 0.3) is 0 Å². The van der Waals surface area contributed by atoms with Gasteiger partial charge in [-0.2, -0.15) is 0 Å². The van der Waals surface area contributed by atoms with Gasteiger partial charge in [-0.1, -0.05) is 6.92 Å². The molecule has 0 bridgehead atoms. The lowest BCUT2D eigenvalue weighted by molar-refractivity contribution is -0.122. The van der Waals surface area contributed by atoms with Crippen LogP contribution in [-0.4, -0.2) is 36.1 Å². The summed E-state index contributed by atoms with van der Waals surface area (Å²) >= 11 is 0. The van der Waals surface area contributed by atoms with E-state index in [1.165, 1.54) is 19.3 Å². The molecule has 2 fully saturated rings. The molecule has 1 unspecified atom stereocenters. The number of pyridine rings is 1. The number of aromatic nitrogens is 1. The van der Waals surface area contributed by atoms with Crippen molar-refractivity contribution in [1.29, 1.82) is 0 Å². The summed E-state index contributed by atoms with van der Waals surface area (Å²) in [6, 6.07) is 3.98. The first-order valence-electron chi connectivity index (χ1n) is 8.51. The first-order valence-corrected chi connectivity index (χ1v) is 8.51. The Balaban J connectivity index is 0.00000144. The largest absolute Gasteiger partial charge is 0.357 e. The number of amides is 1. The molecule has 7 heteroatoms. The fourth-order valence-electron chi connectivity index (χ4n) is 3.48. The van der Waals surface area contributed by atoms with E-state index in [0.29, 0.717) is 0 Å². The van der Waals surface area contributed by atoms with Gasteiger partial charge in [0.2, 0.25) is 5.91 Å². The van der Waals surface area contributed by atoms with E-state index in [1.54, 1.807) is 6.20 Å². The minimum absolute atomic E-state index is 0. The predicted molar refractivity (Wildman–Crippen MR) is 104 cm³/mol. The molecule has 5 nitrogen and oxygen atoms in total. The first-order chi connectivity index (χ1) is 10.7. The van der Waals surface area contributed by atoms with Crippen LogP contribution in [0.4, 0.5) is 11.5 Å². The van der Waals surface area contributed by atoms with Gasteiger partial charge in [0.25, 0.3) is 0 Å². The topological polar surface area (TPSA) is 57.3 Å².